The summed E-state index contributed by atoms with van der Waals surface area (Å²) in [5.41, 5.74) is 0. The number of methoxy groups -OCH3 is 1. The summed E-state index contributed by atoms with van der Waals surface area (Å²) >= 11 is 2.11. The number of hydrogen-bond donors (Lipinski definition) is 0. The number of nitrogens with zero attached hydrogens (tertiary/aromatic N) is 1. The predicted molar refractivity (Wildman–Crippen MR) is 57.3 cm³/mol. The standard InChI is InChI=1S/C10H19NOS/c1-12-7-9-3-2-5-11(9)10-4-6-13-8-10/h9-10H,2-8H2,1H3. The molecule has 76 valence electrons. The average molecular weight is 201 g/mol. The fourth-order valence-electron chi connectivity index (χ4n) is 2.49. The van der Waals surface area contributed by atoms with Gasteiger partial charge in [0.05, 0.1) is 6.61 Å². The van der Waals surface area contributed by atoms with Gasteiger partial charge in [0.1, 0.15) is 0 Å². The molecule has 2 atom stereocenters. The van der Waals surface area contributed by atoms with Gasteiger partial charge in [0.2, 0.25) is 0 Å². The molecule has 0 bridgehead atoms. The van der Waals surface area contributed by atoms with Gasteiger partial charge in [-0.05, 0) is 31.6 Å². The number of thioether (sulfide) groups is 1. The highest BCUT2D eigenvalue weighted by atomic mass is 32.2. The third-order valence-electron chi connectivity index (χ3n) is 3.16. The van der Waals surface area contributed by atoms with Crippen LogP contribution in [-0.4, -0.2) is 48.8 Å². The predicted octanol–water partition coefficient (Wildman–Crippen LogP) is 1.60. The Morgan fingerprint density at radius 2 is 2.38 bits per heavy atom. The SMILES string of the molecule is COCC1CCCN1C1CCSC1. The maximum absolute atomic E-state index is 5.27. The molecule has 2 nitrogen and oxygen atoms in total. The Morgan fingerprint density at radius 3 is 3.08 bits per heavy atom. The zero-order valence-corrected chi connectivity index (χ0v) is 9.18. The van der Waals surface area contributed by atoms with Gasteiger partial charge in [-0.25, -0.2) is 0 Å². The van der Waals surface area contributed by atoms with Crippen LogP contribution in [0, 0.1) is 0 Å². The van der Waals surface area contributed by atoms with E-state index >= 15 is 0 Å². The summed E-state index contributed by atoms with van der Waals surface area (Å²) in [4.78, 5) is 2.68. The van der Waals surface area contributed by atoms with Crippen molar-refractivity contribution >= 4 is 11.8 Å². The third-order valence-corrected chi connectivity index (χ3v) is 4.30. The summed E-state index contributed by atoms with van der Waals surface area (Å²) < 4.78 is 5.27. The van der Waals surface area contributed by atoms with Crippen LogP contribution in [0.15, 0.2) is 0 Å². The van der Waals surface area contributed by atoms with Crippen LogP contribution < -0.4 is 0 Å². The Labute approximate surface area is 85.0 Å². The van der Waals surface area contributed by atoms with E-state index in [1.54, 1.807) is 0 Å². The molecule has 0 aromatic rings. The van der Waals surface area contributed by atoms with Crippen molar-refractivity contribution in [3.05, 3.63) is 0 Å². The van der Waals surface area contributed by atoms with Crippen LogP contribution in [0.2, 0.25) is 0 Å². The Bertz CT molecular complexity index is 159. The van der Waals surface area contributed by atoms with Crippen molar-refractivity contribution in [2.24, 2.45) is 0 Å². The highest BCUT2D eigenvalue weighted by molar-refractivity contribution is 7.99. The molecule has 13 heavy (non-hydrogen) atoms. The minimum Gasteiger partial charge on any atom is -0.383 e. The first-order valence-corrected chi connectivity index (χ1v) is 6.39. The van der Waals surface area contributed by atoms with Crippen molar-refractivity contribution in [3.63, 3.8) is 0 Å². The molecule has 2 rings (SSSR count). The highest BCUT2D eigenvalue weighted by Gasteiger charge is 2.32. The van der Waals surface area contributed by atoms with E-state index in [9.17, 15) is 0 Å². The molecule has 2 saturated heterocycles. The van der Waals surface area contributed by atoms with Gasteiger partial charge in [-0.2, -0.15) is 11.8 Å². The Hall–Kier alpha value is 0.270. The van der Waals surface area contributed by atoms with Crippen molar-refractivity contribution in [2.75, 3.05) is 31.8 Å². The molecule has 2 aliphatic rings. The fourth-order valence-corrected chi connectivity index (χ4v) is 3.73. The second kappa shape index (κ2) is 4.67. The van der Waals surface area contributed by atoms with E-state index in [1.807, 2.05) is 7.11 Å². The van der Waals surface area contributed by atoms with Crippen LogP contribution in [0.25, 0.3) is 0 Å². The highest BCUT2D eigenvalue weighted by Crippen LogP contribution is 2.28. The van der Waals surface area contributed by atoms with E-state index < -0.39 is 0 Å². The van der Waals surface area contributed by atoms with E-state index in [0.717, 1.165) is 12.6 Å². The van der Waals surface area contributed by atoms with Gasteiger partial charge in [-0.1, -0.05) is 0 Å². The smallest absolute Gasteiger partial charge is 0.0618 e. The van der Waals surface area contributed by atoms with Crippen molar-refractivity contribution in [1.82, 2.24) is 4.90 Å². The van der Waals surface area contributed by atoms with E-state index in [1.165, 1.54) is 37.3 Å². The Balaban J connectivity index is 1.88. The average Bonchev–Trinajstić information content (AvgIpc) is 2.71. The first-order chi connectivity index (χ1) is 6.42. The maximum atomic E-state index is 5.27. The fraction of sp³-hybridized carbons (Fsp3) is 1.00. The molecule has 0 aromatic heterocycles. The lowest BCUT2D eigenvalue weighted by atomic mass is 10.2. The Morgan fingerprint density at radius 1 is 1.46 bits per heavy atom. The van der Waals surface area contributed by atoms with E-state index in [-0.39, 0.29) is 0 Å². The van der Waals surface area contributed by atoms with Crippen LogP contribution in [0.5, 0.6) is 0 Å². The summed E-state index contributed by atoms with van der Waals surface area (Å²) in [6, 6.07) is 1.57. The zero-order chi connectivity index (χ0) is 9.10. The molecule has 2 aliphatic heterocycles. The largest absolute Gasteiger partial charge is 0.383 e. The minimum atomic E-state index is 0.716. The molecule has 3 heteroatoms. The molecule has 2 unspecified atom stereocenters. The van der Waals surface area contributed by atoms with Gasteiger partial charge in [0, 0.05) is 24.9 Å². The molecule has 0 amide bonds. The van der Waals surface area contributed by atoms with Crippen LogP contribution in [0.1, 0.15) is 19.3 Å². The first-order valence-electron chi connectivity index (χ1n) is 5.24. The quantitative estimate of drug-likeness (QED) is 0.688. The molecule has 2 fully saturated rings. The molecular formula is C10H19NOS. The topological polar surface area (TPSA) is 12.5 Å². The van der Waals surface area contributed by atoms with Gasteiger partial charge in [-0.15, -0.1) is 0 Å². The summed E-state index contributed by atoms with van der Waals surface area (Å²) in [5.74, 6) is 2.71. The lowest BCUT2D eigenvalue weighted by Crippen LogP contribution is -2.41. The van der Waals surface area contributed by atoms with Gasteiger partial charge >= 0.3 is 0 Å². The zero-order valence-electron chi connectivity index (χ0n) is 8.37. The molecule has 2 heterocycles. The van der Waals surface area contributed by atoms with Crippen LogP contribution >= 0.6 is 11.8 Å². The second-order valence-corrected chi connectivity index (χ2v) is 5.16. The van der Waals surface area contributed by atoms with Crippen LogP contribution in [-0.2, 0) is 4.74 Å². The number of hydrogen-bond acceptors (Lipinski definition) is 3. The van der Waals surface area contributed by atoms with Crippen molar-refractivity contribution in [3.8, 4) is 0 Å². The van der Waals surface area contributed by atoms with Crippen LogP contribution in [0.3, 0.4) is 0 Å². The lowest BCUT2D eigenvalue weighted by molar-refractivity contribution is 0.0955. The van der Waals surface area contributed by atoms with Crippen molar-refractivity contribution in [1.29, 1.82) is 0 Å². The number of ether oxygens (including phenoxy) is 1. The molecular weight excluding hydrogens is 182 g/mol. The van der Waals surface area contributed by atoms with Gasteiger partial charge in [0.15, 0.2) is 0 Å². The molecule has 0 N–H and O–H groups in total. The summed E-state index contributed by atoms with van der Waals surface area (Å²) in [6.45, 7) is 2.24. The monoisotopic (exact) mass is 201 g/mol. The lowest BCUT2D eigenvalue weighted by Gasteiger charge is -2.29. The van der Waals surface area contributed by atoms with Gasteiger partial charge in [-0.3, -0.25) is 4.90 Å². The number of rotatable bonds is 3. The normalized spacial score (nSPS) is 35.8. The Kier molecular flexibility index (Phi) is 3.52. The van der Waals surface area contributed by atoms with E-state index in [4.69, 9.17) is 4.74 Å². The molecule has 0 aromatic carbocycles. The molecule has 0 spiro atoms. The van der Waals surface area contributed by atoms with Gasteiger partial charge < -0.3 is 4.74 Å². The number of likely N-dealkylation sites (tertiary alicyclic amines) is 1. The summed E-state index contributed by atoms with van der Waals surface area (Å²) in [7, 11) is 1.82. The minimum absolute atomic E-state index is 0.716. The summed E-state index contributed by atoms with van der Waals surface area (Å²) in [5, 5.41) is 0. The summed E-state index contributed by atoms with van der Waals surface area (Å²) in [6.07, 6.45) is 4.11. The molecule has 0 saturated carbocycles. The van der Waals surface area contributed by atoms with Crippen LogP contribution in [0.4, 0.5) is 0 Å². The van der Waals surface area contributed by atoms with Crippen molar-refractivity contribution in [2.45, 2.75) is 31.3 Å². The van der Waals surface area contributed by atoms with E-state index in [0.29, 0.717) is 6.04 Å². The first kappa shape index (κ1) is 9.81. The van der Waals surface area contributed by atoms with Crippen molar-refractivity contribution < 1.29 is 4.74 Å². The maximum Gasteiger partial charge on any atom is 0.0618 e. The molecule has 0 aliphatic carbocycles. The molecule has 0 radical (unpaired) electrons. The van der Waals surface area contributed by atoms with Gasteiger partial charge in [0.25, 0.3) is 0 Å². The van der Waals surface area contributed by atoms with E-state index in [2.05, 4.69) is 16.7 Å². The third kappa shape index (κ3) is 2.20. The second-order valence-electron chi connectivity index (χ2n) is 4.01.